The first-order chi connectivity index (χ1) is 11.0. The number of aromatic nitrogens is 3. The third-order valence-electron chi connectivity index (χ3n) is 3.73. The van der Waals surface area contributed by atoms with Gasteiger partial charge in [0.1, 0.15) is 0 Å². The highest BCUT2D eigenvalue weighted by molar-refractivity contribution is 6.04. The summed E-state index contributed by atoms with van der Waals surface area (Å²) >= 11 is 0. The minimum absolute atomic E-state index is 0.132. The summed E-state index contributed by atoms with van der Waals surface area (Å²) in [5.41, 5.74) is 1.34. The van der Waals surface area contributed by atoms with E-state index in [1.807, 2.05) is 13.8 Å². The van der Waals surface area contributed by atoms with Crippen LogP contribution >= 0.6 is 0 Å². The fourth-order valence-corrected chi connectivity index (χ4v) is 2.48. The van der Waals surface area contributed by atoms with E-state index in [9.17, 15) is 9.59 Å². The Morgan fingerprint density at radius 3 is 2.57 bits per heavy atom. The van der Waals surface area contributed by atoms with E-state index in [0.29, 0.717) is 17.8 Å². The van der Waals surface area contributed by atoms with Gasteiger partial charge in [0.25, 0.3) is 5.91 Å². The molecule has 0 saturated carbocycles. The third kappa shape index (κ3) is 3.23. The molecule has 3 rings (SSSR count). The molecule has 0 radical (unpaired) electrons. The molecule has 7 heteroatoms. The lowest BCUT2D eigenvalue weighted by Crippen LogP contribution is -2.23. The Morgan fingerprint density at radius 1 is 1.26 bits per heavy atom. The van der Waals surface area contributed by atoms with E-state index in [0.717, 1.165) is 18.7 Å². The molecule has 120 valence electrons. The van der Waals surface area contributed by atoms with Gasteiger partial charge in [-0.1, -0.05) is 0 Å². The zero-order valence-corrected chi connectivity index (χ0v) is 13.2. The number of anilines is 2. The van der Waals surface area contributed by atoms with Crippen LogP contribution in [0.2, 0.25) is 0 Å². The zero-order valence-electron chi connectivity index (χ0n) is 13.2. The summed E-state index contributed by atoms with van der Waals surface area (Å²) in [7, 11) is 0. The molecule has 7 nitrogen and oxygen atoms in total. The quantitative estimate of drug-likeness (QED) is 0.938. The van der Waals surface area contributed by atoms with Crippen molar-refractivity contribution in [1.82, 2.24) is 15.0 Å². The van der Waals surface area contributed by atoms with Crippen LogP contribution in [0.4, 0.5) is 11.5 Å². The van der Waals surface area contributed by atoms with Crippen molar-refractivity contribution >= 4 is 23.3 Å². The monoisotopic (exact) mass is 313 g/mol. The maximum atomic E-state index is 12.2. The molecule has 1 saturated heterocycles. The standard InChI is InChI=1S/C16H19N5O2/c1-11(2)21-17-10-14(19-21)18-16(23)12-5-7-13(8-6-12)20-9-3-4-15(20)22/h5-8,10-11H,3-4,9H2,1-2H3,(H,18,19,23). The predicted molar refractivity (Wildman–Crippen MR) is 86.4 cm³/mol. The van der Waals surface area contributed by atoms with Gasteiger partial charge < -0.3 is 10.2 Å². The van der Waals surface area contributed by atoms with Crippen LogP contribution in [0.3, 0.4) is 0 Å². The molecule has 2 aromatic rings. The number of hydrogen-bond acceptors (Lipinski definition) is 4. The number of benzene rings is 1. The molecule has 1 N–H and O–H groups in total. The molecule has 0 spiro atoms. The van der Waals surface area contributed by atoms with Gasteiger partial charge in [0.2, 0.25) is 5.91 Å². The van der Waals surface area contributed by atoms with E-state index in [1.54, 1.807) is 29.2 Å². The number of rotatable bonds is 4. The van der Waals surface area contributed by atoms with E-state index >= 15 is 0 Å². The van der Waals surface area contributed by atoms with Crippen LogP contribution in [0.1, 0.15) is 43.1 Å². The molecule has 0 atom stereocenters. The van der Waals surface area contributed by atoms with E-state index in [4.69, 9.17) is 0 Å². The minimum Gasteiger partial charge on any atom is -0.312 e. The molecule has 1 fully saturated rings. The maximum absolute atomic E-state index is 12.2. The van der Waals surface area contributed by atoms with E-state index < -0.39 is 0 Å². The highest BCUT2D eigenvalue weighted by Gasteiger charge is 2.21. The molecule has 23 heavy (non-hydrogen) atoms. The Hall–Kier alpha value is -2.70. The van der Waals surface area contributed by atoms with Gasteiger partial charge in [0.15, 0.2) is 5.82 Å². The molecule has 2 amide bonds. The van der Waals surface area contributed by atoms with E-state index in [-0.39, 0.29) is 17.9 Å². The SMILES string of the molecule is CC(C)n1ncc(NC(=O)c2ccc(N3CCCC3=O)cc2)n1. The summed E-state index contributed by atoms with van der Waals surface area (Å²) in [6.07, 6.45) is 3.00. The van der Waals surface area contributed by atoms with Crippen molar-refractivity contribution in [3.05, 3.63) is 36.0 Å². The summed E-state index contributed by atoms with van der Waals surface area (Å²) < 4.78 is 0. The second kappa shape index (κ2) is 6.20. The molecular formula is C16H19N5O2. The van der Waals surface area contributed by atoms with Crippen LogP contribution in [-0.4, -0.2) is 33.4 Å². The fourth-order valence-electron chi connectivity index (χ4n) is 2.48. The molecule has 1 aromatic carbocycles. The first-order valence-electron chi connectivity index (χ1n) is 7.68. The average molecular weight is 313 g/mol. The number of hydrogen-bond donors (Lipinski definition) is 1. The summed E-state index contributed by atoms with van der Waals surface area (Å²) in [5.74, 6) is 0.301. The first-order valence-corrected chi connectivity index (χ1v) is 7.68. The highest BCUT2D eigenvalue weighted by atomic mass is 16.2. The Kier molecular flexibility index (Phi) is 4.10. The Balaban J connectivity index is 1.68. The lowest BCUT2D eigenvalue weighted by molar-refractivity contribution is -0.117. The van der Waals surface area contributed by atoms with Gasteiger partial charge in [-0.2, -0.15) is 9.90 Å². The minimum atomic E-state index is -0.250. The normalized spacial score (nSPS) is 14.6. The number of nitrogens with one attached hydrogen (secondary N) is 1. The van der Waals surface area contributed by atoms with Gasteiger partial charge in [0.05, 0.1) is 12.2 Å². The average Bonchev–Trinajstić information content (AvgIpc) is 3.16. The van der Waals surface area contributed by atoms with Gasteiger partial charge in [-0.3, -0.25) is 9.59 Å². The number of carbonyl (C=O) groups excluding carboxylic acids is 2. The van der Waals surface area contributed by atoms with Gasteiger partial charge in [-0.25, -0.2) is 0 Å². The third-order valence-corrected chi connectivity index (χ3v) is 3.73. The zero-order chi connectivity index (χ0) is 16.4. The summed E-state index contributed by atoms with van der Waals surface area (Å²) in [6, 6.07) is 7.15. The van der Waals surface area contributed by atoms with Crippen LogP contribution in [0, 0.1) is 0 Å². The molecule has 1 aliphatic rings. The molecule has 0 bridgehead atoms. The van der Waals surface area contributed by atoms with Crippen molar-refractivity contribution in [2.24, 2.45) is 0 Å². The topological polar surface area (TPSA) is 80.1 Å². The lowest BCUT2D eigenvalue weighted by atomic mass is 10.2. The van der Waals surface area contributed by atoms with Gasteiger partial charge >= 0.3 is 0 Å². The van der Waals surface area contributed by atoms with Crippen molar-refractivity contribution in [3.63, 3.8) is 0 Å². The molecule has 2 heterocycles. The van der Waals surface area contributed by atoms with Crippen molar-refractivity contribution in [2.75, 3.05) is 16.8 Å². The van der Waals surface area contributed by atoms with Crippen molar-refractivity contribution < 1.29 is 9.59 Å². The second-order valence-electron chi connectivity index (χ2n) is 5.79. The van der Waals surface area contributed by atoms with Crippen LogP contribution in [0.15, 0.2) is 30.5 Å². The Labute approximate surface area is 134 Å². The van der Waals surface area contributed by atoms with Crippen molar-refractivity contribution in [3.8, 4) is 0 Å². The summed E-state index contributed by atoms with van der Waals surface area (Å²) in [4.78, 5) is 27.2. The van der Waals surface area contributed by atoms with Gasteiger partial charge in [0, 0.05) is 24.2 Å². The summed E-state index contributed by atoms with van der Waals surface area (Å²) in [5, 5.41) is 11.0. The maximum Gasteiger partial charge on any atom is 0.256 e. The Bertz CT molecular complexity index is 720. The van der Waals surface area contributed by atoms with Gasteiger partial charge in [-0.15, -0.1) is 5.10 Å². The van der Waals surface area contributed by atoms with Gasteiger partial charge in [-0.05, 0) is 44.5 Å². The predicted octanol–water partition coefficient (Wildman–Crippen LogP) is 2.24. The second-order valence-corrected chi connectivity index (χ2v) is 5.79. The molecule has 0 unspecified atom stereocenters. The van der Waals surface area contributed by atoms with Crippen molar-refractivity contribution in [1.29, 1.82) is 0 Å². The van der Waals surface area contributed by atoms with Crippen LogP contribution in [0.5, 0.6) is 0 Å². The number of carbonyl (C=O) groups is 2. The fraction of sp³-hybridized carbons (Fsp3) is 0.375. The molecule has 0 aliphatic carbocycles. The molecular weight excluding hydrogens is 294 g/mol. The van der Waals surface area contributed by atoms with Crippen LogP contribution in [-0.2, 0) is 4.79 Å². The molecule has 1 aliphatic heterocycles. The van der Waals surface area contributed by atoms with Crippen molar-refractivity contribution in [2.45, 2.75) is 32.7 Å². The summed E-state index contributed by atoms with van der Waals surface area (Å²) in [6.45, 7) is 4.66. The largest absolute Gasteiger partial charge is 0.312 e. The van der Waals surface area contributed by atoms with Crippen LogP contribution in [0.25, 0.3) is 0 Å². The van der Waals surface area contributed by atoms with E-state index in [2.05, 4.69) is 15.5 Å². The Morgan fingerprint density at radius 2 is 2.00 bits per heavy atom. The highest BCUT2D eigenvalue weighted by Crippen LogP contribution is 2.21. The van der Waals surface area contributed by atoms with Crippen LogP contribution < -0.4 is 10.2 Å². The van der Waals surface area contributed by atoms with E-state index in [1.165, 1.54) is 11.0 Å². The number of amides is 2. The smallest absolute Gasteiger partial charge is 0.256 e. The first kappa shape index (κ1) is 15.2. The number of nitrogens with zero attached hydrogens (tertiary/aromatic N) is 4. The molecule has 1 aromatic heterocycles. The lowest BCUT2D eigenvalue weighted by Gasteiger charge is -2.15.